The highest BCUT2D eigenvalue weighted by atomic mass is 79.9. The lowest BCUT2D eigenvalue weighted by atomic mass is 9.65. The Morgan fingerprint density at radius 3 is 1.76 bits per heavy atom. The minimum absolute atomic E-state index is 0.291. The lowest BCUT2D eigenvalue weighted by Crippen LogP contribution is -2.31. The van der Waals surface area contributed by atoms with Crippen molar-refractivity contribution in [1.82, 2.24) is 0 Å². The van der Waals surface area contributed by atoms with E-state index in [9.17, 15) is 0 Å². The number of aryl methyl sites for hydroxylation is 2. The van der Waals surface area contributed by atoms with E-state index < -0.39 is 5.41 Å². The second kappa shape index (κ2) is 10.4. The predicted molar refractivity (Wildman–Crippen MR) is 181 cm³/mol. The van der Waals surface area contributed by atoms with E-state index in [0.29, 0.717) is 4.83 Å². The first-order chi connectivity index (χ1) is 19.9. The van der Waals surface area contributed by atoms with E-state index in [1.807, 2.05) is 0 Å². The zero-order valence-corrected chi connectivity index (χ0v) is 26.3. The van der Waals surface area contributed by atoms with E-state index in [2.05, 4.69) is 173 Å². The Labute approximate surface area is 259 Å². The van der Waals surface area contributed by atoms with Gasteiger partial charge in [0.1, 0.15) is 0 Å². The molecule has 0 bridgehead atoms. The molecule has 2 aliphatic rings. The van der Waals surface area contributed by atoms with Crippen molar-refractivity contribution < 1.29 is 0 Å². The first-order valence-corrected chi connectivity index (χ1v) is 15.9. The summed E-state index contributed by atoms with van der Waals surface area (Å²) in [6, 6.07) is 43.0. The first-order valence-electron chi connectivity index (χ1n) is 14.1. The van der Waals surface area contributed by atoms with E-state index in [1.165, 1.54) is 66.8 Å². The number of rotatable bonds is 4. The summed E-state index contributed by atoms with van der Waals surface area (Å²) in [5, 5.41) is 0. The number of halogens is 2. The average Bonchev–Trinajstić information content (AvgIpc) is 3.27. The summed E-state index contributed by atoms with van der Waals surface area (Å²) in [6.07, 6.45) is 5.58. The Kier molecular flexibility index (Phi) is 6.72. The van der Waals surface area contributed by atoms with Crippen LogP contribution in [-0.2, 0) is 5.41 Å². The quantitative estimate of drug-likeness (QED) is 0.169. The zero-order valence-electron chi connectivity index (χ0n) is 23.2. The Bertz CT molecular complexity index is 1750. The summed E-state index contributed by atoms with van der Waals surface area (Å²) in [7, 11) is 0. The molecule has 0 fully saturated rings. The molecule has 0 aliphatic heterocycles. The maximum absolute atomic E-state index is 3.97. The normalized spacial score (nSPS) is 16.9. The van der Waals surface area contributed by atoms with Crippen LogP contribution in [0.1, 0.15) is 39.8 Å². The maximum atomic E-state index is 3.97. The molecule has 0 heterocycles. The molecule has 200 valence electrons. The number of benzene rings is 5. The molecule has 0 nitrogen and oxygen atoms in total. The van der Waals surface area contributed by atoms with Crippen LogP contribution in [0.5, 0.6) is 0 Å². The third-order valence-electron chi connectivity index (χ3n) is 8.69. The Morgan fingerprint density at radius 1 is 0.634 bits per heavy atom. The topological polar surface area (TPSA) is 0 Å². The molecule has 0 N–H and O–H groups in total. The summed E-state index contributed by atoms with van der Waals surface area (Å²) in [6.45, 7) is 4.29. The van der Waals surface area contributed by atoms with Gasteiger partial charge in [-0.1, -0.05) is 146 Å². The Morgan fingerprint density at radius 2 is 1.20 bits per heavy atom. The van der Waals surface area contributed by atoms with E-state index >= 15 is 0 Å². The van der Waals surface area contributed by atoms with Crippen LogP contribution in [0.25, 0.3) is 27.8 Å². The second-order valence-electron chi connectivity index (χ2n) is 11.3. The summed E-state index contributed by atoms with van der Waals surface area (Å²) >= 11 is 7.81. The average molecular weight is 658 g/mol. The maximum Gasteiger partial charge on any atom is 0.0677 e. The monoisotopic (exact) mass is 656 g/mol. The molecule has 2 heteroatoms. The molecule has 7 rings (SSSR count). The van der Waals surface area contributed by atoms with Crippen LogP contribution in [0.4, 0.5) is 0 Å². The van der Waals surface area contributed by atoms with E-state index in [-0.39, 0.29) is 0 Å². The number of fused-ring (bicyclic) bond motifs is 2. The lowest BCUT2D eigenvalue weighted by Gasteiger charge is -2.37. The van der Waals surface area contributed by atoms with Gasteiger partial charge in [-0.15, -0.1) is 0 Å². The highest BCUT2D eigenvalue weighted by Gasteiger charge is 2.48. The molecular formula is C39H30Br2. The van der Waals surface area contributed by atoms with Crippen molar-refractivity contribution in [2.45, 2.75) is 30.5 Å². The molecule has 2 aliphatic carbocycles. The Balaban J connectivity index is 1.54. The molecule has 0 aromatic heterocycles. The fraction of sp³-hybridized carbons (Fsp3) is 0.128. The molecule has 1 unspecified atom stereocenters. The number of hydrogen-bond acceptors (Lipinski definition) is 0. The highest BCUT2D eigenvalue weighted by molar-refractivity contribution is 9.10. The molecule has 0 amide bonds. The van der Waals surface area contributed by atoms with Crippen molar-refractivity contribution in [3.63, 3.8) is 0 Å². The molecule has 0 saturated heterocycles. The largest absolute Gasteiger partial charge is 0.0842 e. The molecule has 5 aromatic carbocycles. The van der Waals surface area contributed by atoms with Gasteiger partial charge < -0.3 is 0 Å². The second-order valence-corrected chi connectivity index (χ2v) is 13.4. The van der Waals surface area contributed by atoms with E-state index in [1.54, 1.807) is 0 Å². The SMILES string of the molecule is Cc1ccc(-c2cccc(C3(c4cccc(-c5ccc(C)cc5)c4)C4=C(C=CC(Br)C4)c4ccc(Br)cc43)c2)cc1. The summed E-state index contributed by atoms with van der Waals surface area (Å²) < 4.78 is 1.10. The van der Waals surface area contributed by atoms with Crippen LogP contribution < -0.4 is 0 Å². The van der Waals surface area contributed by atoms with Gasteiger partial charge in [0, 0.05) is 9.30 Å². The zero-order chi connectivity index (χ0) is 28.1. The van der Waals surface area contributed by atoms with Crippen LogP contribution >= 0.6 is 31.9 Å². The molecule has 0 saturated carbocycles. The fourth-order valence-electron chi connectivity index (χ4n) is 6.69. The fourth-order valence-corrected chi connectivity index (χ4v) is 7.53. The minimum Gasteiger partial charge on any atom is -0.0842 e. The molecule has 5 aromatic rings. The van der Waals surface area contributed by atoms with Gasteiger partial charge in [0.15, 0.2) is 0 Å². The molecule has 41 heavy (non-hydrogen) atoms. The van der Waals surface area contributed by atoms with Gasteiger partial charge in [0.05, 0.1) is 5.41 Å². The van der Waals surface area contributed by atoms with Crippen LogP contribution in [0.2, 0.25) is 0 Å². The van der Waals surface area contributed by atoms with Gasteiger partial charge in [-0.05, 0) is 100 Å². The number of alkyl halides is 1. The van der Waals surface area contributed by atoms with Gasteiger partial charge >= 0.3 is 0 Å². The van der Waals surface area contributed by atoms with Crippen LogP contribution in [-0.4, -0.2) is 4.83 Å². The third kappa shape index (κ3) is 4.49. The van der Waals surface area contributed by atoms with E-state index in [0.717, 1.165) is 10.9 Å². The molecule has 1 atom stereocenters. The molecular weight excluding hydrogens is 628 g/mol. The van der Waals surface area contributed by atoms with Gasteiger partial charge in [-0.3, -0.25) is 0 Å². The van der Waals surface area contributed by atoms with Crippen molar-refractivity contribution in [2.24, 2.45) is 0 Å². The van der Waals surface area contributed by atoms with Crippen molar-refractivity contribution in [2.75, 3.05) is 0 Å². The minimum atomic E-state index is -0.424. The number of hydrogen-bond donors (Lipinski definition) is 0. The van der Waals surface area contributed by atoms with Crippen molar-refractivity contribution >= 4 is 37.4 Å². The summed E-state index contributed by atoms with van der Waals surface area (Å²) in [4.78, 5) is 0.291. The highest BCUT2D eigenvalue weighted by Crippen LogP contribution is 2.58. The van der Waals surface area contributed by atoms with Crippen molar-refractivity contribution in [3.8, 4) is 22.3 Å². The Hall–Kier alpha value is -3.46. The summed E-state index contributed by atoms with van der Waals surface area (Å²) in [5.74, 6) is 0. The standard InChI is InChI=1S/C39H30Br2/c1-25-9-13-27(14-10-25)29-5-3-7-31(21-29)39(32-8-4-6-30(22-32)28-15-11-26(2)12-16-28)37-23-33(40)17-19-35(37)36-20-18-34(41)24-38(36)39/h3-23,34H,24H2,1-2H3. The van der Waals surface area contributed by atoms with Crippen LogP contribution in [0, 0.1) is 13.8 Å². The lowest BCUT2D eigenvalue weighted by molar-refractivity contribution is 0.702. The van der Waals surface area contributed by atoms with Crippen molar-refractivity contribution in [3.05, 3.63) is 171 Å². The smallest absolute Gasteiger partial charge is 0.0677 e. The summed E-state index contributed by atoms with van der Waals surface area (Å²) in [5.41, 5.74) is 15.2. The van der Waals surface area contributed by atoms with Crippen molar-refractivity contribution in [1.29, 1.82) is 0 Å². The van der Waals surface area contributed by atoms with Gasteiger partial charge in [-0.25, -0.2) is 0 Å². The first kappa shape index (κ1) is 26.4. The van der Waals surface area contributed by atoms with Crippen LogP contribution in [0.3, 0.4) is 0 Å². The van der Waals surface area contributed by atoms with Gasteiger partial charge in [0.25, 0.3) is 0 Å². The van der Waals surface area contributed by atoms with Crippen LogP contribution in [0.15, 0.2) is 137 Å². The number of allylic oxidation sites excluding steroid dienone is 4. The van der Waals surface area contributed by atoms with Gasteiger partial charge in [0.2, 0.25) is 0 Å². The molecule has 0 radical (unpaired) electrons. The predicted octanol–water partition coefficient (Wildman–Crippen LogP) is 11.2. The van der Waals surface area contributed by atoms with E-state index in [4.69, 9.17) is 0 Å². The van der Waals surface area contributed by atoms with Gasteiger partial charge in [-0.2, -0.15) is 0 Å². The molecule has 0 spiro atoms. The third-order valence-corrected chi connectivity index (χ3v) is 9.81.